The van der Waals surface area contributed by atoms with Crippen LogP contribution in [0.2, 0.25) is 0 Å². The Balaban J connectivity index is 1.77. The van der Waals surface area contributed by atoms with Crippen LogP contribution in [0.1, 0.15) is 37.4 Å². The first-order valence-electron chi connectivity index (χ1n) is 7.52. The molecule has 3 rings (SSSR count). The summed E-state index contributed by atoms with van der Waals surface area (Å²) in [6, 6.07) is 1.87. The molecule has 0 amide bonds. The van der Waals surface area contributed by atoms with E-state index in [2.05, 4.69) is 9.97 Å². The van der Waals surface area contributed by atoms with Crippen LogP contribution < -0.4 is 11.6 Å². The van der Waals surface area contributed by atoms with E-state index < -0.39 is 0 Å². The van der Waals surface area contributed by atoms with Crippen molar-refractivity contribution in [3.63, 3.8) is 0 Å². The Morgan fingerprint density at radius 2 is 2.10 bits per heavy atom. The van der Waals surface area contributed by atoms with E-state index in [1.54, 1.807) is 24.3 Å². The summed E-state index contributed by atoms with van der Waals surface area (Å²) in [6.07, 6.45) is 7.93. The number of aromatic nitrogens is 3. The maximum Gasteiger partial charge on any atom is 0.162 e. The fourth-order valence-electron chi connectivity index (χ4n) is 3.47. The van der Waals surface area contributed by atoms with Gasteiger partial charge in [-0.2, -0.15) is 0 Å². The molecule has 21 heavy (non-hydrogen) atoms. The second kappa shape index (κ2) is 5.99. The molecule has 4 N–H and O–H groups in total. The number of methoxy groups -OCH3 is 1. The second-order valence-electron chi connectivity index (χ2n) is 5.98. The summed E-state index contributed by atoms with van der Waals surface area (Å²) in [4.78, 5) is 8.45. The Bertz CT molecular complexity index is 561. The van der Waals surface area contributed by atoms with E-state index in [1.807, 2.05) is 6.07 Å². The van der Waals surface area contributed by atoms with Gasteiger partial charge in [0.15, 0.2) is 5.82 Å². The maximum absolute atomic E-state index is 6.53. The Kier molecular flexibility index (Phi) is 4.07. The Hall–Kier alpha value is -1.66. The summed E-state index contributed by atoms with van der Waals surface area (Å²) in [5.41, 5.74) is 8.43. The molecule has 0 aromatic rings. The zero-order chi connectivity index (χ0) is 14.8. The SMILES string of the molecule is COCC1CCC(C(N)c2c3ccnc-3ncn2N)CC1. The molecule has 0 bridgehead atoms. The minimum absolute atomic E-state index is 0.0757. The zero-order valence-corrected chi connectivity index (χ0v) is 12.4. The number of ether oxygens (including phenoxy) is 1. The zero-order valence-electron chi connectivity index (χ0n) is 12.4. The molecule has 0 aromatic heterocycles. The summed E-state index contributed by atoms with van der Waals surface area (Å²) in [7, 11) is 1.77. The summed E-state index contributed by atoms with van der Waals surface area (Å²) in [6.45, 7) is 0.852. The van der Waals surface area contributed by atoms with Gasteiger partial charge in [-0.1, -0.05) is 0 Å². The quantitative estimate of drug-likeness (QED) is 0.833. The van der Waals surface area contributed by atoms with Gasteiger partial charge in [0.05, 0.1) is 11.7 Å². The predicted octanol–water partition coefficient (Wildman–Crippen LogP) is 1.55. The molecule has 0 radical (unpaired) electrons. The van der Waals surface area contributed by atoms with Crippen molar-refractivity contribution in [2.24, 2.45) is 17.6 Å². The molecule has 2 aliphatic heterocycles. The topological polar surface area (TPSA) is 92.0 Å². The standard InChI is InChI=1S/C15H23N5O/c1-21-8-10-2-4-11(5-3-10)13(16)14-12-6-7-18-15(12)19-9-20(14)17/h6-7,9-11,13H,2-5,8,16-17H2,1H3. The first-order valence-corrected chi connectivity index (χ1v) is 7.52. The molecular weight excluding hydrogens is 266 g/mol. The molecule has 1 saturated carbocycles. The van der Waals surface area contributed by atoms with Crippen LogP contribution >= 0.6 is 0 Å². The Morgan fingerprint density at radius 1 is 1.33 bits per heavy atom. The van der Waals surface area contributed by atoms with Gasteiger partial charge in [0, 0.05) is 25.5 Å². The highest BCUT2D eigenvalue weighted by Crippen LogP contribution is 2.38. The third kappa shape index (κ3) is 2.73. The Labute approximate surface area is 124 Å². The van der Waals surface area contributed by atoms with E-state index in [0.717, 1.165) is 36.5 Å². The van der Waals surface area contributed by atoms with Crippen molar-refractivity contribution in [3.05, 3.63) is 24.3 Å². The van der Waals surface area contributed by atoms with Crippen molar-refractivity contribution in [1.82, 2.24) is 14.6 Å². The molecule has 1 aliphatic carbocycles. The molecule has 0 saturated heterocycles. The largest absolute Gasteiger partial charge is 0.384 e. The van der Waals surface area contributed by atoms with Gasteiger partial charge >= 0.3 is 0 Å². The summed E-state index contributed by atoms with van der Waals surface area (Å²) in [5.74, 6) is 7.89. The van der Waals surface area contributed by atoms with Gasteiger partial charge in [-0.15, -0.1) is 0 Å². The number of nitrogens with zero attached hydrogens (tertiary/aromatic N) is 3. The molecule has 6 nitrogen and oxygen atoms in total. The van der Waals surface area contributed by atoms with E-state index in [-0.39, 0.29) is 6.04 Å². The van der Waals surface area contributed by atoms with E-state index >= 15 is 0 Å². The van der Waals surface area contributed by atoms with Gasteiger partial charge in [0.1, 0.15) is 6.33 Å². The van der Waals surface area contributed by atoms with E-state index in [9.17, 15) is 0 Å². The first-order chi connectivity index (χ1) is 10.2. The van der Waals surface area contributed by atoms with Gasteiger partial charge in [-0.3, -0.25) is 4.68 Å². The lowest BCUT2D eigenvalue weighted by Gasteiger charge is -2.33. The molecule has 0 spiro atoms. The van der Waals surface area contributed by atoms with Crippen LogP contribution in [0.5, 0.6) is 0 Å². The molecule has 114 valence electrons. The molecule has 1 fully saturated rings. The number of nitrogen functional groups attached to an aromatic ring is 1. The van der Waals surface area contributed by atoms with Crippen LogP contribution in [0.4, 0.5) is 0 Å². The van der Waals surface area contributed by atoms with Gasteiger partial charge < -0.3 is 16.3 Å². The molecule has 1 unspecified atom stereocenters. The number of rotatable bonds is 4. The van der Waals surface area contributed by atoms with E-state index in [1.165, 1.54) is 12.8 Å². The summed E-state index contributed by atoms with van der Waals surface area (Å²) < 4.78 is 6.81. The molecular formula is C15H23N5O. The molecule has 2 heterocycles. The fraction of sp³-hybridized carbons (Fsp3) is 0.600. The van der Waals surface area contributed by atoms with Crippen molar-refractivity contribution >= 4 is 0 Å². The molecule has 6 heteroatoms. The molecule has 0 aromatic carbocycles. The lowest BCUT2D eigenvalue weighted by Crippen LogP contribution is -2.32. The van der Waals surface area contributed by atoms with Crippen LogP contribution in [-0.4, -0.2) is 28.4 Å². The highest BCUT2D eigenvalue weighted by molar-refractivity contribution is 5.60. The van der Waals surface area contributed by atoms with Crippen LogP contribution in [-0.2, 0) is 4.74 Å². The average molecular weight is 289 g/mol. The van der Waals surface area contributed by atoms with Gasteiger partial charge in [0.25, 0.3) is 0 Å². The number of hydrogen-bond acceptors (Lipinski definition) is 5. The van der Waals surface area contributed by atoms with Crippen LogP contribution in [0.25, 0.3) is 11.4 Å². The lowest BCUT2D eigenvalue weighted by molar-refractivity contribution is 0.114. The van der Waals surface area contributed by atoms with Crippen molar-refractivity contribution in [3.8, 4) is 11.4 Å². The van der Waals surface area contributed by atoms with Crippen LogP contribution in [0, 0.1) is 11.8 Å². The Morgan fingerprint density at radius 3 is 2.81 bits per heavy atom. The van der Waals surface area contributed by atoms with Crippen molar-refractivity contribution < 1.29 is 4.74 Å². The molecule has 3 aliphatic rings. The normalized spacial score (nSPS) is 24.3. The third-order valence-electron chi connectivity index (χ3n) is 4.65. The number of fused-ring (bicyclic) bond motifs is 1. The minimum Gasteiger partial charge on any atom is -0.384 e. The first kappa shape index (κ1) is 14.3. The van der Waals surface area contributed by atoms with Crippen molar-refractivity contribution in [2.75, 3.05) is 19.6 Å². The second-order valence-corrected chi connectivity index (χ2v) is 5.98. The van der Waals surface area contributed by atoms with Crippen LogP contribution in [0.15, 0.2) is 18.6 Å². The minimum atomic E-state index is -0.0757. The van der Waals surface area contributed by atoms with Gasteiger partial charge in [-0.05, 0) is 43.6 Å². The predicted molar refractivity (Wildman–Crippen MR) is 81.0 cm³/mol. The average Bonchev–Trinajstić information content (AvgIpc) is 2.96. The van der Waals surface area contributed by atoms with Crippen LogP contribution in [0.3, 0.4) is 0 Å². The van der Waals surface area contributed by atoms with Gasteiger partial charge in [-0.25, -0.2) is 9.97 Å². The monoisotopic (exact) mass is 289 g/mol. The highest BCUT2D eigenvalue weighted by atomic mass is 16.5. The molecule has 1 atom stereocenters. The third-order valence-corrected chi connectivity index (χ3v) is 4.65. The highest BCUT2D eigenvalue weighted by Gasteiger charge is 2.30. The fourth-order valence-corrected chi connectivity index (χ4v) is 3.47. The van der Waals surface area contributed by atoms with Gasteiger partial charge in [0.2, 0.25) is 0 Å². The number of nitrogens with two attached hydrogens (primary N) is 2. The summed E-state index contributed by atoms with van der Waals surface area (Å²) >= 11 is 0. The smallest absolute Gasteiger partial charge is 0.162 e. The van der Waals surface area contributed by atoms with E-state index in [4.69, 9.17) is 16.3 Å². The summed E-state index contributed by atoms with van der Waals surface area (Å²) in [5, 5.41) is 0. The van der Waals surface area contributed by atoms with Crippen molar-refractivity contribution in [2.45, 2.75) is 31.7 Å². The number of hydrogen-bond donors (Lipinski definition) is 2. The van der Waals surface area contributed by atoms with Crippen molar-refractivity contribution in [1.29, 1.82) is 0 Å². The lowest BCUT2D eigenvalue weighted by atomic mass is 9.77. The maximum atomic E-state index is 6.53. The van der Waals surface area contributed by atoms with E-state index in [0.29, 0.717) is 11.8 Å².